The summed E-state index contributed by atoms with van der Waals surface area (Å²) >= 11 is 0. The third-order valence-electron chi connectivity index (χ3n) is 2.71. The van der Waals surface area contributed by atoms with E-state index in [0.717, 1.165) is 7.41 Å². The zero-order valence-electron chi connectivity index (χ0n) is 9.83. The molecule has 0 aliphatic carbocycles. The van der Waals surface area contributed by atoms with Gasteiger partial charge in [-0.25, -0.2) is 0 Å². The van der Waals surface area contributed by atoms with Gasteiger partial charge >= 0.3 is 0 Å². The molecule has 2 aromatic carbocycles. The Morgan fingerprint density at radius 1 is 0.938 bits per heavy atom. The molecule has 1 N–H and O–H groups in total. The van der Waals surface area contributed by atoms with E-state index < -0.39 is 0 Å². The first-order chi connectivity index (χ1) is 7.81. The van der Waals surface area contributed by atoms with Crippen molar-refractivity contribution in [3.8, 4) is 11.1 Å². The van der Waals surface area contributed by atoms with Crippen molar-refractivity contribution >= 4 is 13.1 Å². The van der Waals surface area contributed by atoms with Crippen LogP contribution in [0.2, 0.25) is 6.82 Å². The summed E-state index contributed by atoms with van der Waals surface area (Å²) < 4.78 is 0. The van der Waals surface area contributed by atoms with E-state index in [1.165, 1.54) is 22.4 Å². The molecule has 0 spiro atoms. The average Bonchev–Trinajstić information content (AvgIpc) is 2.33. The largest absolute Gasteiger partial charge is 0.431 e. The third kappa shape index (κ3) is 2.27. The van der Waals surface area contributed by atoms with E-state index >= 15 is 0 Å². The summed E-state index contributed by atoms with van der Waals surface area (Å²) in [4.78, 5) is 0. The molecule has 0 heterocycles. The van der Waals surface area contributed by atoms with Gasteiger partial charge in [-0.05, 0) is 29.7 Å². The summed E-state index contributed by atoms with van der Waals surface area (Å²) in [6.45, 7) is 4.25. The summed E-state index contributed by atoms with van der Waals surface area (Å²) in [5.74, 6) is 0. The molecule has 0 amide bonds. The van der Waals surface area contributed by atoms with Crippen molar-refractivity contribution in [3.63, 3.8) is 0 Å². The monoisotopic (exact) mass is 209 g/mol. The Balaban J connectivity index is 2.40. The Morgan fingerprint density at radius 3 is 2.38 bits per heavy atom. The second kappa shape index (κ2) is 4.89. The lowest BCUT2D eigenvalue weighted by atomic mass is 9.96. The number of anilines is 1. The lowest BCUT2D eigenvalue weighted by Crippen LogP contribution is -2.02. The molecule has 0 aliphatic heterocycles. The molecule has 0 saturated heterocycles. The van der Waals surface area contributed by atoms with E-state index in [1.807, 2.05) is 6.07 Å². The Kier molecular flexibility index (Phi) is 3.30. The van der Waals surface area contributed by atoms with E-state index in [1.54, 1.807) is 0 Å². The van der Waals surface area contributed by atoms with E-state index in [-0.39, 0.29) is 0 Å². The molecule has 2 rings (SSSR count). The molecule has 2 aromatic rings. The molecule has 2 heteroatoms. The van der Waals surface area contributed by atoms with Gasteiger partial charge < -0.3 is 5.23 Å². The summed E-state index contributed by atoms with van der Waals surface area (Å²) in [5, 5.41) is 3.39. The van der Waals surface area contributed by atoms with Crippen LogP contribution in [-0.2, 0) is 0 Å². The van der Waals surface area contributed by atoms with Crippen LogP contribution in [0.3, 0.4) is 0 Å². The number of hydrogen-bond acceptors (Lipinski definition) is 1. The van der Waals surface area contributed by atoms with Gasteiger partial charge in [0.05, 0.1) is 0 Å². The van der Waals surface area contributed by atoms with Crippen molar-refractivity contribution in [1.82, 2.24) is 0 Å². The predicted molar refractivity (Wildman–Crippen MR) is 73.3 cm³/mol. The van der Waals surface area contributed by atoms with Crippen LogP contribution in [0.25, 0.3) is 11.1 Å². The van der Waals surface area contributed by atoms with Gasteiger partial charge in [0.1, 0.15) is 0 Å². The van der Waals surface area contributed by atoms with E-state index in [2.05, 4.69) is 61.4 Å². The zero-order valence-corrected chi connectivity index (χ0v) is 9.83. The fourth-order valence-corrected chi connectivity index (χ4v) is 1.81. The topological polar surface area (TPSA) is 12.0 Å². The predicted octanol–water partition coefficient (Wildman–Crippen LogP) is 3.47. The minimum absolute atomic E-state index is 0.957. The van der Waals surface area contributed by atoms with Crippen molar-refractivity contribution in [3.05, 3.63) is 54.1 Å². The lowest BCUT2D eigenvalue weighted by molar-refractivity contribution is 1.46. The van der Waals surface area contributed by atoms with Gasteiger partial charge in [-0.15, -0.1) is 0 Å². The van der Waals surface area contributed by atoms with Crippen LogP contribution in [0.4, 0.5) is 5.69 Å². The molecule has 0 unspecified atom stereocenters. The molecule has 16 heavy (non-hydrogen) atoms. The van der Waals surface area contributed by atoms with Crippen molar-refractivity contribution < 1.29 is 0 Å². The van der Waals surface area contributed by atoms with Gasteiger partial charge in [0.25, 0.3) is 0 Å². The highest BCUT2D eigenvalue weighted by Gasteiger charge is 2.01. The quantitative estimate of drug-likeness (QED) is 0.763. The maximum absolute atomic E-state index is 3.39. The molecule has 1 nitrogen and oxygen atoms in total. The van der Waals surface area contributed by atoms with Crippen LogP contribution in [0.1, 0.15) is 5.56 Å². The highest BCUT2D eigenvalue weighted by atomic mass is 14.8. The summed E-state index contributed by atoms with van der Waals surface area (Å²) in [5.41, 5.74) is 5.05. The molecule has 0 atom stereocenters. The van der Waals surface area contributed by atoms with Crippen molar-refractivity contribution in [2.24, 2.45) is 0 Å². The summed E-state index contributed by atoms with van der Waals surface area (Å²) in [6.07, 6.45) is 0. The Bertz CT molecular complexity index is 465. The molecule has 0 saturated carbocycles. The molecule has 80 valence electrons. The third-order valence-corrected chi connectivity index (χ3v) is 2.71. The van der Waals surface area contributed by atoms with Gasteiger partial charge in [-0.2, -0.15) is 0 Å². The van der Waals surface area contributed by atoms with Crippen LogP contribution >= 0.6 is 0 Å². The van der Waals surface area contributed by atoms with Crippen molar-refractivity contribution in [1.29, 1.82) is 0 Å². The summed E-state index contributed by atoms with van der Waals surface area (Å²) in [6, 6.07) is 17.0. The maximum Gasteiger partial charge on any atom is 0.229 e. The van der Waals surface area contributed by atoms with E-state index in [0.29, 0.717) is 0 Å². The second-order valence-electron chi connectivity index (χ2n) is 3.93. The maximum atomic E-state index is 3.39. The number of benzene rings is 2. The van der Waals surface area contributed by atoms with Crippen LogP contribution in [-0.4, -0.2) is 7.41 Å². The molecule has 0 aliphatic rings. The number of nitrogens with one attached hydrogen (secondary N) is 1. The Hall–Kier alpha value is -1.70. The van der Waals surface area contributed by atoms with Crippen molar-refractivity contribution in [2.45, 2.75) is 13.7 Å². The standard InChI is InChI=1S/C14H16BN/c1-11-8-9-13(10-14(11)16-15-2)12-6-4-3-5-7-12/h3-10,15-16H,1-2H3. The highest BCUT2D eigenvalue weighted by Crippen LogP contribution is 2.24. The lowest BCUT2D eigenvalue weighted by Gasteiger charge is -2.10. The Labute approximate surface area is 97.8 Å². The molecule has 0 aromatic heterocycles. The SMILES string of the molecule is CBNc1cc(-c2ccccc2)ccc1C. The highest BCUT2D eigenvalue weighted by molar-refractivity contribution is 6.38. The fourth-order valence-electron chi connectivity index (χ4n) is 1.81. The van der Waals surface area contributed by atoms with Gasteiger partial charge in [0.15, 0.2) is 0 Å². The first-order valence-electron chi connectivity index (χ1n) is 5.71. The Morgan fingerprint density at radius 2 is 1.69 bits per heavy atom. The van der Waals surface area contributed by atoms with Gasteiger partial charge in [-0.3, -0.25) is 0 Å². The molecular formula is C14H16BN. The molecule has 0 fully saturated rings. The summed E-state index contributed by atoms with van der Waals surface area (Å²) in [7, 11) is 0.957. The van der Waals surface area contributed by atoms with Gasteiger partial charge in [0, 0.05) is 5.69 Å². The fraction of sp³-hybridized carbons (Fsp3) is 0.143. The number of hydrogen-bond donors (Lipinski definition) is 1. The first-order valence-corrected chi connectivity index (χ1v) is 5.71. The van der Waals surface area contributed by atoms with Gasteiger partial charge in [0.2, 0.25) is 7.41 Å². The van der Waals surface area contributed by atoms with Gasteiger partial charge in [-0.1, -0.05) is 49.3 Å². The van der Waals surface area contributed by atoms with Crippen LogP contribution in [0.5, 0.6) is 0 Å². The minimum atomic E-state index is 0.957. The molecule has 0 radical (unpaired) electrons. The van der Waals surface area contributed by atoms with Crippen LogP contribution in [0.15, 0.2) is 48.5 Å². The van der Waals surface area contributed by atoms with Crippen molar-refractivity contribution in [2.75, 3.05) is 5.23 Å². The first kappa shape index (κ1) is 10.8. The number of aryl methyl sites for hydroxylation is 1. The zero-order chi connectivity index (χ0) is 11.4. The smallest absolute Gasteiger partial charge is 0.229 e. The molecular weight excluding hydrogens is 193 g/mol. The number of rotatable bonds is 3. The van der Waals surface area contributed by atoms with E-state index in [4.69, 9.17) is 0 Å². The molecule has 0 bridgehead atoms. The normalized spacial score (nSPS) is 9.88. The van der Waals surface area contributed by atoms with E-state index in [9.17, 15) is 0 Å². The minimum Gasteiger partial charge on any atom is -0.431 e. The van der Waals surface area contributed by atoms with Crippen LogP contribution < -0.4 is 5.23 Å². The second-order valence-corrected chi connectivity index (χ2v) is 3.93. The van der Waals surface area contributed by atoms with Crippen LogP contribution in [0, 0.1) is 6.92 Å². The average molecular weight is 209 g/mol.